The smallest absolute Gasteiger partial charge is 0.319 e. The number of carbonyl (C=O) groups excluding carboxylic acids is 1. The number of anilines is 1. The zero-order valence-corrected chi connectivity index (χ0v) is 13.5. The molecule has 7 heteroatoms. The largest absolute Gasteiger partial charge is 0.335 e. The summed E-state index contributed by atoms with van der Waals surface area (Å²) in [6.45, 7) is 5.56. The predicted octanol–water partition coefficient (Wildman–Crippen LogP) is 2.85. The number of urea groups is 1. The first-order valence-electron chi connectivity index (χ1n) is 6.89. The van der Waals surface area contributed by atoms with Gasteiger partial charge in [0.15, 0.2) is 9.84 Å². The van der Waals surface area contributed by atoms with E-state index >= 15 is 0 Å². The summed E-state index contributed by atoms with van der Waals surface area (Å²) in [6, 6.07) is 3.45. The zero-order chi connectivity index (χ0) is 16.8. The van der Waals surface area contributed by atoms with Crippen molar-refractivity contribution in [2.75, 3.05) is 11.6 Å². The van der Waals surface area contributed by atoms with Crippen molar-refractivity contribution in [3.63, 3.8) is 0 Å². The molecular formula is C15H21FN2O3S. The minimum absolute atomic E-state index is 0.0353. The zero-order valence-electron chi connectivity index (χ0n) is 12.7. The highest BCUT2D eigenvalue weighted by Crippen LogP contribution is 2.16. The molecule has 0 bridgehead atoms. The summed E-state index contributed by atoms with van der Waals surface area (Å²) in [5.74, 6) is -1.04. The Morgan fingerprint density at radius 1 is 1.45 bits per heavy atom. The number of benzene rings is 1. The molecule has 0 saturated heterocycles. The first-order valence-corrected chi connectivity index (χ1v) is 8.95. The molecule has 122 valence electrons. The van der Waals surface area contributed by atoms with E-state index in [0.29, 0.717) is 6.42 Å². The van der Waals surface area contributed by atoms with Crippen LogP contribution in [0.3, 0.4) is 0 Å². The molecule has 0 aliphatic heterocycles. The first-order chi connectivity index (χ1) is 10.2. The standard InChI is InChI=1S/C15H21FN2O3S/c1-4-6-12(5-2)17-15(19)18-13-8-7-11(14(16)9-13)10-22(3,20)21/h4,7-9,12H,1,5-6,10H2,2-3H3,(H2,17,18,19)/t12-/m1/s1. The van der Waals surface area contributed by atoms with E-state index in [0.717, 1.165) is 18.7 Å². The van der Waals surface area contributed by atoms with Gasteiger partial charge in [-0.05, 0) is 25.0 Å². The Labute approximate surface area is 130 Å². The minimum atomic E-state index is -3.31. The van der Waals surface area contributed by atoms with Gasteiger partial charge in [-0.3, -0.25) is 0 Å². The van der Waals surface area contributed by atoms with Gasteiger partial charge in [0.1, 0.15) is 5.82 Å². The van der Waals surface area contributed by atoms with Crippen LogP contribution in [0.15, 0.2) is 30.9 Å². The van der Waals surface area contributed by atoms with Crippen LogP contribution in [0.2, 0.25) is 0 Å². The predicted molar refractivity (Wildman–Crippen MR) is 86.0 cm³/mol. The molecule has 5 nitrogen and oxygen atoms in total. The summed E-state index contributed by atoms with van der Waals surface area (Å²) < 4.78 is 36.2. The van der Waals surface area contributed by atoms with Crippen LogP contribution in [-0.4, -0.2) is 26.7 Å². The van der Waals surface area contributed by atoms with E-state index in [2.05, 4.69) is 17.2 Å². The Morgan fingerprint density at radius 2 is 2.14 bits per heavy atom. The first kappa shape index (κ1) is 18.2. The molecule has 1 atom stereocenters. The minimum Gasteiger partial charge on any atom is -0.335 e. The number of hydrogen-bond donors (Lipinski definition) is 2. The summed E-state index contributed by atoms with van der Waals surface area (Å²) in [6.07, 6.45) is 4.15. The molecule has 22 heavy (non-hydrogen) atoms. The molecule has 0 saturated carbocycles. The van der Waals surface area contributed by atoms with Crippen molar-refractivity contribution < 1.29 is 17.6 Å². The maximum absolute atomic E-state index is 13.8. The molecule has 1 rings (SSSR count). The van der Waals surface area contributed by atoms with Gasteiger partial charge in [-0.1, -0.05) is 19.1 Å². The average molecular weight is 328 g/mol. The Bertz CT molecular complexity index is 644. The fraction of sp³-hybridized carbons (Fsp3) is 0.400. The Morgan fingerprint density at radius 3 is 2.64 bits per heavy atom. The second kappa shape index (κ2) is 7.93. The van der Waals surface area contributed by atoms with Gasteiger partial charge in [-0.2, -0.15) is 0 Å². The molecule has 0 aliphatic carbocycles. The maximum Gasteiger partial charge on any atom is 0.319 e. The average Bonchev–Trinajstić information content (AvgIpc) is 2.40. The van der Waals surface area contributed by atoms with Crippen LogP contribution >= 0.6 is 0 Å². The van der Waals surface area contributed by atoms with Crippen molar-refractivity contribution in [3.05, 3.63) is 42.2 Å². The van der Waals surface area contributed by atoms with Crippen molar-refractivity contribution in [2.45, 2.75) is 31.6 Å². The van der Waals surface area contributed by atoms with Crippen molar-refractivity contribution in [3.8, 4) is 0 Å². The van der Waals surface area contributed by atoms with E-state index in [1.807, 2.05) is 6.92 Å². The van der Waals surface area contributed by atoms with Gasteiger partial charge in [0.25, 0.3) is 0 Å². The highest BCUT2D eigenvalue weighted by atomic mass is 32.2. The van der Waals surface area contributed by atoms with Crippen LogP contribution in [-0.2, 0) is 15.6 Å². The van der Waals surface area contributed by atoms with Crippen LogP contribution in [0.25, 0.3) is 0 Å². The van der Waals surface area contributed by atoms with Crippen molar-refractivity contribution >= 4 is 21.6 Å². The quantitative estimate of drug-likeness (QED) is 0.756. The molecule has 0 unspecified atom stereocenters. The van der Waals surface area contributed by atoms with E-state index in [4.69, 9.17) is 0 Å². The van der Waals surface area contributed by atoms with Crippen LogP contribution < -0.4 is 10.6 Å². The Hall–Kier alpha value is -1.89. The molecule has 1 aromatic rings. The van der Waals surface area contributed by atoms with Gasteiger partial charge < -0.3 is 10.6 Å². The number of halogens is 1. The molecule has 0 fully saturated rings. The number of amides is 2. The Balaban J connectivity index is 2.72. The van der Waals surface area contributed by atoms with Gasteiger partial charge in [-0.25, -0.2) is 17.6 Å². The normalized spacial score (nSPS) is 12.5. The van der Waals surface area contributed by atoms with Crippen LogP contribution in [0.5, 0.6) is 0 Å². The second-order valence-corrected chi connectivity index (χ2v) is 7.24. The van der Waals surface area contributed by atoms with Gasteiger partial charge >= 0.3 is 6.03 Å². The van der Waals surface area contributed by atoms with Gasteiger partial charge in [0.05, 0.1) is 5.75 Å². The molecular weight excluding hydrogens is 307 g/mol. The molecule has 1 aromatic carbocycles. The van der Waals surface area contributed by atoms with Gasteiger partial charge in [0.2, 0.25) is 0 Å². The number of hydrogen-bond acceptors (Lipinski definition) is 3. The van der Waals surface area contributed by atoms with E-state index < -0.39 is 21.7 Å². The third-order valence-electron chi connectivity index (χ3n) is 3.01. The van der Waals surface area contributed by atoms with Crippen molar-refractivity contribution in [1.82, 2.24) is 5.32 Å². The second-order valence-electron chi connectivity index (χ2n) is 5.10. The van der Waals surface area contributed by atoms with Gasteiger partial charge in [-0.15, -0.1) is 6.58 Å². The summed E-state index contributed by atoms with van der Waals surface area (Å²) in [7, 11) is -3.31. The summed E-state index contributed by atoms with van der Waals surface area (Å²) >= 11 is 0. The van der Waals surface area contributed by atoms with E-state index in [9.17, 15) is 17.6 Å². The fourth-order valence-electron chi connectivity index (χ4n) is 1.91. The third kappa shape index (κ3) is 6.26. The lowest BCUT2D eigenvalue weighted by atomic mass is 10.1. The lowest BCUT2D eigenvalue weighted by Gasteiger charge is -2.16. The highest BCUT2D eigenvalue weighted by Gasteiger charge is 2.12. The summed E-state index contributed by atoms with van der Waals surface area (Å²) in [4.78, 5) is 11.8. The molecule has 0 aromatic heterocycles. The maximum atomic E-state index is 13.8. The van der Waals surface area contributed by atoms with Gasteiger partial charge in [0, 0.05) is 23.5 Å². The monoisotopic (exact) mass is 328 g/mol. The van der Waals surface area contributed by atoms with Crippen LogP contribution in [0.1, 0.15) is 25.3 Å². The van der Waals surface area contributed by atoms with E-state index in [1.165, 1.54) is 12.1 Å². The molecule has 0 spiro atoms. The summed E-state index contributed by atoms with van der Waals surface area (Å²) in [5, 5.41) is 5.27. The number of rotatable bonds is 7. The molecule has 0 heterocycles. The number of carbonyl (C=O) groups is 1. The SMILES string of the molecule is C=CC[C@@H](CC)NC(=O)Nc1ccc(CS(C)(=O)=O)c(F)c1. The third-order valence-corrected chi connectivity index (χ3v) is 3.84. The topological polar surface area (TPSA) is 75.3 Å². The Kier molecular flexibility index (Phi) is 6.55. The highest BCUT2D eigenvalue weighted by molar-refractivity contribution is 7.89. The lowest BCUT2D eigenvalue weighted by Crippen LogP contribution is -2.37. The molecule has 0 aliphatic rings. The molecule has 2 N–H and O–H groups in total. The number of nitrogens with one attached hydrogen (secondary N) is 2. The van der Waals surface area contributed by atoms with E-state index in [-0.39, 0.29) is 23.0 Å². The summed E-state index contributed by atoms with van der Waals surface area (Å²) in [5.41, 5.74) is 0.340. The number of sulfone groups is 1. The molecule has 0 radical (unpaired) electrons. The van der Waals surface area contributed by atoms with Crippen molar-refractivity contribution in [2.24, 2.45) is 0 Å². The molecule has 2 amide bonds. The van der Waals surface area contributed by atoms with E-state index in [1.54, 1.807) is 6.08 Å². The van der Waals surface area contributed by atoms with Crippen LogP contribution in [0, 0.1) is 5.82 Å². The fourth-order valence-corrected chi connectivity index (χ4v) is 2.71. The lowest BCUT2D eigenvalue weighted by molar-refractivity contribution is 0.248. The van der Waals surface area contributed by atoms with Crippen LogP contribution in [0.4, 0.5) is 14.9 Å². The van der Waals surface area contributed by atoms with Crippen molar-refractivity contribution in [1.29, 1.82) is 0 Å².